The zero-order valence-electron chi connectivity index (χ0n) is 18.6. The van der Waals surface area contributed by atoms with E-state index in [1.165, 1.54) is 13.3 Å². The van der Waals surface area contributed by atoms with Gasteiger partial charge in [-0.05, 0) is 50.2 Å². The highest BCUT2D eigenvalue weighted by Crippen LogP contribution is 2.28. The molecule has 0 aliphatic rings. The largest absolute Gasteiger partial charge is 0.493 e. The van der Waals surface area contributed by atoms with Gasteiger partial charge in [-0.3, -0.25) is 10.2 Å². The number of carbonyl (C=O) groups excluding carboxylic acids is 1. The molecule has 10 nitrogen and oxygen atoms in total. The lowest BCUT2D eigenvalue weighted by atomic mass is 10.1. The number of carbonyl (C=O) groups is 1. The van der Waals surface area contributed by atoms with Gasteiger partial charge in [0.25, 0.3) is 5.91 Å². The molecule has 0 saturated heterocycles. The summed E-state index contributed by atoms with van der Waals surface area (Å²) in [4.78, 5) is 16.1. The highest BCUT2D eigenvalue weighted by molar-refractivity contribution is 6.08. The van der Waals surface area contributed by atoms with Crippen LogP contribution < -0.4 is 31.2 Å². The van der Waals surface area contributed by atoms with Gasteiger partial charge in [0, 0.05) is 41.8 Å². The lowest BCUT2D eigenvalue weighted by molar-refractivity contribution is -0.123. The van der Waals surface area contributed by atoms with Crippen LogP contribution in [0.1, 0.15) is 25.0 Å². The number of hydrogen-bond donors (Lipinski definition) is 6. The molecule has 0 spiro atoms. The van der Waals surface area contributed by atoms with Crippen LogP contribution >= 0.6 is 0 Å². The van der Waals surface area contributed by atoms with Crippen molar-refractivity contribution in [2.75, 3.05) is 31.8 Å². The van der Waals surface area contributed by atoms with Gasteiger partial charge in [0.2, 0.25) is 5.96 Å². The van der Waals surface area contributed by atoms with E-state index < -0.39 is 0 Å². The van der Waals surface area contributed by atoms with E-state index >= 15 is 0 Å². The maximum absolute atomic E-state index is 11.8. The van der Waals surface area contributed by atoms with Gasteiger partial charge < -0.3 is 36.6 Å². The van der Waals surface area contributed by atoms with Crippen molar-refractivity contribution in [2.24, 2.45) is 4.99 Å². The molecule has 0 aromatic heterocycles. The molecule has 2 aromatic carbocycles. The Morgan fingerprint density at radius 3 is 2.59 bits per heavy atom. The zero-order valence-corrected chi connectivity index (χ0v) is 18.6. The molecular weight excluding hydrogens is 410 g/mol. The van der Waals surface area contributed by atoms with Gasteiger partial charge in [-0.1, -0.05) is 0 Å². The quantitative estimate of drug-likeness (QED) is 0.210. The maximum Gasteiger partial charge on any atom is 0.258 e. The van der Waals surface area contributed by atoms with Crippen molar-refractivity contribution in [1.29, 1.82) is 10.8 Å². The molecule has 170 valence electrons. The maximum atomic E-state index is 11.8. The first-order valence-electron chi connectivity index (χ1n) is 9.90. The highest BCUT2D eigenvalue weighted by atomic mass is 16.5. The Morgan fingerprint density at radius 1 is 1.22 bits per heavy atom. The molecule has 0 radical (unpaired) electrons. The number of hydrogen-bond acceptors (Lipinski definition) is 6. The van der Waals surface area contributed by atoms with Crippen molar-refractivity contribution < 1.29 is 14.3 Å². The van der Waals surface area contributed by atoms with Crippen LogP contribution in [-0.2, 0) is 4.79 Å². The molecule has 2 aromatic rings. The predicted molar refractivity (Wildman–Crippen MR) is 127 cm³/mol. The summed E-state index contributed by atoms with van der Waals surface area (Å²) in [6.45, 7) is 3.60. The van der Waals surface area contributed by atoms with Crippen LogP contribution in [0.4, 0.5) is 11.4 Å². The SMILES string of the molecule is CN/C(=N\C(=N)c1ccc(OCC(=O)NC(C)C)c(OC)c1)Nc1ccc(N)c(C=N)c1. The van der Waals surface area contributed by atoms with E-state index in [1.54, 1.807) is 43.4 Å². The van der Waals surface area contributed by atoms with Crippen LogP contribution in [0.15, 0.2) is 41.4 Å². The van der Waals surface area contributed by atoms with Gasteiger partial charge in [-0.15, -0.1) is 0 Å². The number of anilines is 2. The number of aliphatic imine (C=N–C) groups is 1. The minimum absolute atomic E-state index is 0.0213. The first kappa shape index (κ1) is 24.2. The number of methoxy groups -OCH3 is 1. The monoisotopic (exact) mass is 439 g/mol. The van der Waals surface area contributed by atoms with Crippen molar-refractivity contribution in [3.63, 3.8) is 0 Å². The van der Waals surface area contributed by atoms with Crippen LogP contribution in [0, 0.1) is 10.8 Å². The number of amides is 1. The van der Waals surface area contributed by atoms with Crippen LogP contribution in [0.2, 0.25) is 0 Å². The molecule has 0 fully saturated rings. The number of nitrogens with two attached hydrogens (primary N) is 1. The molecule has 0 heterocycles. The van der Waals surface area contributed by atoms with Crippen LogP contribution in [0.25, 0.3) is 0 Å². The molecule has 10 heteroatoms. The van der Waals surface area contributed by atoms with Crippen molar-refractivity contribution in [3.8, 4) is 11.5 Å². The summed E-state index contributed by atoms with van der Waals surface area (Å²) in [6, 6.07) is 10.1. The number of rotatable bonds is 8. The van der Waals surface area contributed by atoms with Gasteiger partial charge in [0.1, 0.15) is 0 Å². The molecule has 0 aliphatic carbocycles. The fraction of sp³-hybridized carbons (Fsp3) is 0.273. The molecule has 0 saturated carbocycles. The summed E-state index contributed by atoms with van der Waals surface area (Å²) in [7, 11) is 3.16. The van der Waals surface area contributed by atoms with E-state index in [2.05, 4.69) is 20.9 Å². The second-order valence-electron chi connectivity index (χ2n) is 7.05. The van der Waals surface area contributed by atoms with E-state index in [4.69, 9.17) is 26.0 Å². The zero-order chi connectivity index (χ0) is 23.7. The third-order valence-corrected chi connectivity index (χ3v) is 4.21. The Bertz CT molecular complexity index is 1020. The predicted octanol–water partition coefficient (Wildman–Crippen LogP) is 2.19. The molecule has 0 bridgehead atoms. The molecule has 1 amide bonds. The van der Waals surface area contributed by atoms with Crippen molar-refractivity contribution in [2.45, 2.75) is 19.9 Å². The van der Waals surface area contributed by atoms with Gasteiger partial charge in [-0.2, -0.15) is 4.99 Å². The lowest BCUT2D eigenvalue weighted by Gasteiger charge is -2.14. The van der Waals surface area contributed by atoms with E-state index in [0.717, 1.165) is 0 Å². The number of guanidine groups is 1. The molecular formula is C22H29N7O3. The van der Waals surface area contributed by atoms with Crippen molar-refractivity contribution in [3.05, 3.63) is 47.5 Å². The Morgan fingerprint density at radius 2 is 1.97 bits per heavy atom. The number of benzene rings is 2. The van der Waals surface area contributed by atoms with Crippen LogP contribution in [0.3, 0.4) is 0 Å². The van der Waals surface area contributed by atoms with Gasteiger partial charge in [0.05, 0.1) is 7.11 Å². The summed E-state index contributed by atoms with van der Waals surface area (Å²) in [6.07, 6.45) is 1.17. The Balaban J connectivity index is 2.15. The highest BCUT2D eigenvalue weighted by Gasteiger charge is 2.12. The van der Waals surface area contributed by atoms with Gasteiger partial charge in [0.15, 0.2) is 23.9 Å². The molecule has 7 N–H and O–H groups in total. The molecule has 0 unspecified atom stereocenters. The third-order valence-electron chi connectivity index (χ3n) is 4.21. The van der Waals surface area contributed by atoms with Crippen LogP contribution in [-0.4, -0.2) is 50.7 Å². The molecule has 2 rings (SSSR count). The standard InChI is InChI=1S/C22H29N7O3/c1-13(2)27-20(30)12-32-18-8-5-14(10-19(18)31-4)21(25)29-22(26-3)28-16-6-7-17(24)15(9-16)11-23/h5-11,13,23H,12,24H2,1-4H3,(H,27,30)(H3,25,26,28,29). The molecule has 0 atom stereocenters. The normalized spacial score (nSPS) is 11.0. The Hall–Kier alpha value is -4.08. The lowest BCUT2D eigenvalue weighted by Crippen LogP contribution is -2.34. The van der Waals surface area contributed by atoms with Gasteiger partial charge in [-0.25, -0.2) is 0 Å². The first-order valence-corrected chi connectivity index (χ1v) is 9.90. The Labute approximate surface area is 187 Å². The van der Waals surface area contributed by atoms with Crippen molar-refractivity contribution in [1.82, 2.24) is 10.6 Å². The average Bonchev–Trinajstić information content (AvgIpc) is 2.77. The number of nitrogen functional groups attached to an aromatic ring is 1. The van der Waals surface area contributed by atoms with Crippen LogP contribution in [0.5, 0.6) is 11.5 Å². The smallest absolute Gasteiger partial charge is 0.258 e. The number of ether oxygens (including phenoxy) is 2. The Kier molecular flexibility index (Phi) is 8.58. The fourth-order valence-corrected chi connectivity index (χ4v) is 2.68. The summed E-state index contributed by atoms with van der Waals surface area (Å²) in [5, 5.41) is 24.5. The average molecular weight is 440 g/mol. The van der Waals surface area contributed by atoms with E-state index in [1.807, 2.05) is 13.8 Å². The van der Waals surface area contributed by atoms with E-state index in [9.17, 15) is 4.79 Å². The third kappa shape index (κ3) is 6.73. The van der Waals surface area contributed by atoms with Gasteiger partial charge >= 0.3 is 0 Å². The summed E-state index contributed by atoms with van der Waals surface area (Å²) in [5.41, 5.74) is 8.04. The minimum atomic E-state index is -0.234. The van der Waals surface area contributed by atoms with E-state index in [0.29, 0.717) is 40.0 Å². The van der Waals surface area contributed by atoms with E-state index in [-0.39, 0.29) is 24.4 Å². The summed E-state index contributed by atoms with van der Waals surface area (Å²) in [5.74, 6) is 0.849. The summed E-state index contributed by atoms with van der Waals surface area (Å²) < 4.78 is 10.9. The first-order chi connectivity index (χ1) is 15.3. The topological polar surface area (TPSA) is 158 Å². The number of nitrogens with zero attached hydrogens (tertiary/aromatic N) is 1. The molecule has 0 aliphatic heterocycles. The summed E-state index contributed by atoms with van der Waals surface area (Å²) >= 11 is 0. The molecule has 32 heavy (non-hydrogen) atoms. The van der Waals surface area contributed by atoms with Crippen molar-refractivity contribution >= 4 is 35.3 Å². The second-order valence-corrected chi connectivity index (χ2v) is 7.05. The number of nitrogens with one attached hydrogen (secondary N) is 5. The minimum Gasteiger partial charge on any atom is -0.493 e. The number of amidine groups is 1. The fourth-order valence-electron chi connectivity index (χ4n) is 2.68. The second kappa shape index (κ2) is 11.3.